The number of para-hydroxylation sites is 1. The Morgan fingerprint density at radius 2 is 1.75 bits per heavy atom. The van der Waals surface area contributed by atoms with Crippen molar-refractivity contribution in [3.8, 4) is 16.9 Å². The monoisotopic (exact) mass is 756 g/mol. The van der Waals surface area contributed by atoms with Crippen LogP contribution in [0, 0.1) is 11.7 Å². The second-order valence-corrected chi connectivity index (χ2v) is 13.0. The molecular formula is C37H41ClF4N8O3. The van der Waals surface area contributed by atoms with Gasteiger partial charge in [-0.2, -0.15) is 18.3 Å². The normalized spacial score (nSPS) is 13.5. The quantitative estimate of drug-likeness (QED) is 0.107. The number of alkyl halides is 3. The summed E-state index contributed by atoms with van der Waals surface area (Å²) in [6.07, 6.45) is 0.409. The van der Waals surface area contributed by atoms with Crippen molar-refractivity contribution in [3.05, 3.63) is 88.3 Å². The molecule has 1 amide bonds. The maximum atomic E-state index is 16.8. The number of carbonyl (C=O) groups is 2. The van der Waals surface area contributed by atoms with Crippen LogP contribution in [-0.2, 0) is 52.9 Å². The lowest BCUT2D eigenvalue weighted by Gasteiger charge is -2.27. The Bertz CT molecular complexity index is 2090. The predicted molar refractivity (Wildman–Crippen MR) is 194 cm³/mol. The fourth-order valence-corrected chi connectivity index (χ4v) is 6.67. The lowest BCUT2D eigenvalue weighted by molar-refractivity contribution is -0.150. The van der Waals surface area contributed by atoms with Gasteiger partial charge in [-0.25, -0.2) is 23.8 Å². The third-order valence-corrected chi connectivity index (χ3v) is 9.37. The summed E-state index contributed by atoms with van der Waals surface area (Å²) in [6, 6.07) is 8.14. The minimum absolute atomic E-state index is 0. The number of H-pyrrole nitrogens is 1. The Morgan fingerprint density at radius 3 is 2.36 bits per heavy atom. The highest BCUT2D eigenvalue weighted by atomic mass is 35.5. The Labute approximate surface area is 309 Å². The fourth-order valence-electron chi connectivity index (χ4n) is 6.67. The smallest absolute Gasteiger partial charge is 0.419 e. The molecule has 5 aromatic rings. The molecule has 3 aromatic heterocycles. The largest absolute Gasteiger partial charge is 0.459 e. The number of nitrogens with one attached hydrogen (secondary N) is 2. The molecule has 1 atom stereocenters. The topological polar surface area (TPSA) is 144 Å². The number of benzene rings is 2. The second-order valence-electron chi connectivity index (χ2n) is 13.0. The molecule has 1 aliphatic rings. The Balaban J connectivity index is 0.00000541. The van der Waals surface area contributed by atoms with Crippen LogP contribution in [0.25, 0.3) is 27.8 Å². The first kappa shape index (κ1) is 39.2. The summed E-state index contributed by atoms with van der Waals surface area (Å²) in [5, 5.41) is 8.17. The molecule has 4 heterocycles. The zero-order chi connectivity index (χ0) is 37.3. The van der Waals surface area contributed by atoms with Gasteiger partial charge in [0.1, 0.15) is 18.5 Å². The van der Waals surface area contributed by atoms with Crippen molar-refractivity contribution in [2.45, 2.75) is 72.3 Å². The van der Waals surface area contributed by atoms with Gasteiger partial charge in [0.15, 0.2) is 0 Å². The molecule has 11 nitrogen and oxygen atoms in total. The summed E-state index contributed by atoms with van der Waals surface area (Å²) in [6.45, 7) is 7.59. The third kappa shape index (κ3) is 7.72. The summed E-state index contributed by atoms with van der Waals surface area (Å²) in [5.74, 6) is -1.94. The number of ether oxygens (including phenoxy) is 1. The molecule has 53 heavy (non-hydrogen) atoms. The van der Waals surface area contributed by atoms with E-state index in [1.807, 2.05) is 32.0 Å². The van der Waals surface area contributed by atoms with Crippen LogP contribution in [0.2, 0.25) is 0 Å². The van der Waals surface area contributed by atoms with E-state index in [4.69, 9.17) is 15.6 Å². The lowest BCUT2D eigenvalue weighted by Crippen LogP contribution is -2.47. The highest BCUT2D eigenvalue weighted by molar-refractivity contribution is 5.98. The van der Waals surface area contributed by atoms with Gasteiger partial charge in [0.25, 0.3) is 0 Å². The Kier molecular flexibility index (Phi) is 11.8. The fraction of sp³-hybridized carbons (Fsp3) is 0.378. The van der Waals surface area contributed by atoms with E-state index in [9.17, 15) is 22.8 Å². The number of nitrogens with zero attached hydrogens (tertiary/aromatic N) is 5. The van der Waals surface area contributed by atoms with Crippen molar-refractivity contribution in [2.75, 3.05) is 18.0 Å². The van der Waals surface area contributed by atoms with Gasteiger partial charge >= 0.3 is 12.1 Å². The Hall–Kier alpha value is -5.02. The van der Waals surface area contributed by atoms with E-state index >= 15 is 4.39 Å². The van der Waals surface area contributed by atoms with Crippen molar-refractivity contribution < 1.29 is 31.9 Å². The van der Waals surface area contributed by atoms with Gasteiger partial charge in [0.2, 0.25) is 11.9 Å². The first-order valence-corrected chi connectivity index (χ1v) is 17.2. The number of aromatic amines is 1. The van der Waals surface area contributed by atoms with Crippen LogP contribution in [0.15, 0.2) is 48.9 Å². The first-order chi connectivity index (χ1) is 24.9. The Morgan fingerprint density at radius 1 is 1.08 bits per heavy atom. The number of carbonyl (C=O) groups excluding carboxylic acids is 2. The summed E-state index contributed by atoms with van der Waals surface area (Å²) < 4.78 is 64.1. The number of hydrogen-bond donors (Lipinski definition) is 3. The van der Waals surface area contributed by atoms with Crippen LogP contribution in [0.4, 0.5) is 23.5 Å². The number of aryl methyl sites for hydroxylation is 2. The van der Waals surface area contributed by atoms with Gasteiger partial charge in [0, 0.05) is 60.2 Å². The lowest BCUT2D eigenvalue weighted by atomic mass is 9.95. The number of halogens is 5. The van der Waals surface area contributed by atoms with E-state index < -0.39 is 35.5 Å². The maximum Gasteiger partial charge on any atom is 0.419 e. The summed E-state index contributed by atoms with van der Waals surface area (Å²) in [4.78, 5) is 38.0. The molecule has 0 saturated heterocycles. The summed E-state index contributed by atoms with van der Waals surface area (Å²) in [7, 11) is 0. The van der Waals surface area contributed by atoms with Gasteiger partial charge in [-0.05, 0) is 42.0 Å². The van der Waals surface area contributed by atoms with Crippen LogP contribution in [0.1, 0.15) is 61.2 Å². The van der Waals surface area contributed by atoms with Crippen molar-refractivity contribution in [2.24, 2.45) is 11.7 Å². The number of nitrogens with two attached hydrogens (primary N) is 1. The highest BCUT2D eigenvalue weighted by Crippen LogP contribution is 2.41. The van der Waals surface area contributed by atoms with Gasteiger partial charge < -0.3 is 25.7 Å². The van der Waals surface area contributed by atoms with Crippen molar-refractivity contribution >= 4 is 41.1 Å². The molecule has 282 valence electrons. The number of anilines is 1. The zero-order valence-corrected chi connectivity index (χ0v) is 30.5. The molecule has 0 unspecified atom stereocenters. The van der Waals surface area contributed by atoms with Crippen LogP contribution in [0.3, 0.4) is 0 Å². The van der Waals surface area contributed by atoms with E-state index in [-0.39, 0.29) is 49.5 Å². The molecule has 0 aliphatic carbocycles. The van der Waals surface area contributed by atoms with Crippen LogP contribution >= 0.6 is 12.4 Å². The maximum absolute atomic E-state index is 16.8. The number of esters is 1. The number of aromatic nitrogens is 5. The van der Waals surface area contributed by atoms with E-state index in [1.54, 1.807) is 35.7 Å². The molecule has 0 radical (unpaired) electrons. The summed E-state index contributed by atoms with van der Waals surface area (Å²) in [5.41, 5.74) is 10.4. The third-order valence-electron chi connectivity index (χ3n) is 9.37. The second kappa shape index (κ2) is 15.9. The van der Waals surface area contributed by atoms with Crippen LogP contribution in [0.5, 0.6) is 0 Å². The van der Waals surface area contributed by atoms with Gasteiger partial charge in [0.05, 0.1) is 34.7 Å². The van der Waals surface area contributed by atoms with Crippen molar-refractivity contribution in [3.63, 3.8) is 0 Å². The SMILES string of the molecule is CCc1cccc(CC)c1-n1nc2c(c1-c1c(F)cc(COC(=O)[C@@H](NC(=O)CN)C(C)C)c3[nH]ccc13)CN(c1ncc(C(F)(F)F)cn1)CC2.Cl. The molecular weight excluding hydrogens is 716 g/mol. The average Bonchev–Trinajstić information content (AvgIpc) is 3.77. The van der Waals surface area contributed by atoms with Crippen molar-refractivity contribution in [1.82, 2.24) is 30.0 Å². The van der Waals surface area contributed by atoms with Crippen LogP contribution in [-0.4, -0.2) is 55.7 Å². The molecule has 1 aliphatic heterocycles. The van der Waals surface area contributed by atoms with Crippen molar-refractivity contribution in [1.29, 1.82) is 0 Å². The minimum Gasteiger partial charge on any atom is -0.459 e. The molecule has 0 bridgehead atoms. The molecule has 4 N–H and O–H groups in total. The average molecular weight is 757 g/mol. The standard InChI is InChI=1S/C37H40F4N8O3.ClH/c1-5-21-8-7-9-22(6-2)33(21)49-34(26-18-48(13-11-28(26)47-49)36-44-16-24(17-45-36)37(39,40)41)30-25-10-12-43-32(25)23(14-27(30)38)19-52-35(51)31(20(3)4)46-29(50)15-42;/h7-10,12,14,16-17,20,31,43H,5-6,11,13,15,18-19,42H2,1-4H3,(H,46,50);1H/t31-;/m0./s1. The van der Waals surface area contributed by atoms with Gasteiger partial charge in [-0.15, -0.1) is 12.4 Å². The molecule has 2 aromatic carbocycles. The van der Waals surface area contributed by atoms with Gasteiger partial charge in [-0.1, -0.05) is 45.9 Å². The number of hydrogen-bond acceptors (Lipinski definition) is 8. The molecule has 0 spiro atoms. The summed E-state index contributed by atoms with van der Waals surface area (Å²) >= 11 is 0. The highest BCUT2D eigenvalue weighted by Gasteiger charge is 2.34. The van der Waals surface area contributed by atoms with E-state index in [1.165, 1.54) is 6.07 Å². The van der Waals surface area contributed by atoms with Gasteiger partial charge in [-0.3, -0.25) is 4.79 Å². The molecule has 6 rings (SSSR count). The van der Waals surface area contributed by atoms with Crippen LogP contribution < -0.4 is 16.0 Å². The predicted octanol–water partition coefficient (Wildman–Crippen LogP) is 6.22. The zero-order valence-electron chi connectivity index (χ0n) is 29.7. The molecule has 0 saturated carbocycles. The number of amides is 1. The number of fused-ring (bicyclic) bond motifs is 2. The molecule has 0 fully saturated rings. The number of rotatable bonds is 11. The first-order valence-electron chi connectivity index (χ1n) is 17.2. The molecule has 16 heteroatoms. The van der Waals surface area contributed by atoms with E-state index in [0.717, 1.165) is 34.9 Å². The van der Waals surface area contributed by atoms with E-state index in [2.05, 4.69) is 20.3 Å². The minimum atomic E-state index is -4.58. The van der Waals surface area contributed by atoms with E-state index in [0.29, 0.717) is 53.5 Å².